The zero-order chi connectivity index (χ0) is 12.3. The molecule has 6 heteroatoms. The summed E-state index contributed by atoms with van der Waals surface area (Å²) in [4.78, 5) is 15.8. The van der Waals surface area contributed by atoms with Gasteiger partial charge < -0.3 is 5.32 Å². The van der Waals surface area contributed by atoms with E-state index in [0.717, 1.165) is 5.75 Å². The molecule has 0 aromatic carbocycles. The fraction of sp³-hybridized carbons (Fsp3) is 0.364. The van der Waals surface area contributed by atoms with E-state index in [4.69, 9.17) is 16.9 Å². The molecule has 1 atom stereocenters. The van der Waals surface area contributed by atoms with Gasteiger partial charge in [0.15, 0.2) is 0 Å². The number of nitrogens with zero attached hydrogens (tertiary/aromatic N) is 2. The van der Waals surface area contributed by atoms with Crippen molar-refractivity contribution in [3.05, 3.63) is 29.0 Å². The minimum absolute atomic E-state index is 0.295. The molecule has 4 nitrogen and oxygen atoms in total. The molecule has 0 spiro atoms. The first-order valence-corrected chi connectivity index (χ1v) is 6.61. The van der Waals surface area contributed by atoms with Crippen LogP contribution in [-0.4, -0.2) is 27.9 Å². The predicted octanol–water partition coefficient (Wildman–Crippen LogP) is 1.86. The van der Waals surface area contributed by atoms with Gasteiger partial charge in [-0.05, 0) is 18.2 Å². The van der Waals surface area contributed by atoms with Gasteiger partial charge in [0.2, 0.25) is 0 Å². The number of pyridine rings is 1. The first kappa shape index (κ1) is 12.2. The predicted molar refractivity (Wildman–Crippen MR) is 67.0 cm³/mol. The van der Waals surface area contributed by atoms with E-state index < -0.39 is 5.54 Å². The number of nitriles is 1. The van der Waals surface area contributed by atoms with Gasteiger partial charge in [-0.15, -0.1) is 0 Å². The maximum absolute atomic E-state index is 12.0. The highest BCUT2D eigenvalue weighted by Crippen LogP contribution is 2.28. The molecular formula is C11H10ClN3OS. The second kappa shape index (κ2) is 4.94. The zero-order valence-electron chi connectivity index (χ0n) is 8.94. The van der Waals surface area contributed by atoms with Crippen LogP contribution < -0.4 is 5.32 Å². The molecule has 88 valence electrons. The number of carbonyl (C=O) groups is 1. The van der Waals surface area contributed by atoms with E-state index in [1.54, 1.807) is 17.8 Å². The Bertz CT molecular complexity index is 480. The Kier molecular flexibility index (Phi) is 3.55. The molecule has 1 saturated heterocycles. The van der Waals surface area contributed by atoms with E-state index >= 15 is 0 Å². The maximum Gasteiger partial charge on any atom is 0.254 e. The van der Waals surface area contributed by atoms with Crippen LogP contribution in [0.1, 0.15) is 16.8 Å². The van der Waals surface area contributed by atoms with Crippen LogP contribution >= 0.6 is 23.4 Å². The first-order valence-electron chi connectivity index (χ1n) is 5.08. The zero-order valence-corrected chi connectivity index (χ0v) is 10.5. The van der Waals surface area contributed by atoms with Gasteiger partial charge in [-0.1, -0.05) is 11.6 Å². The lowest BCUT2D eigenvalue weighted by Crippen LogP contribution is -2.47. The van der Waals surface area contributed by atoms with E-state index in [1.165, 1.54) is 12.4 Å². The topological polar surface area (TPSA) is 65.8 Å². The Morgan fingerprint density at radius 1 is 1.71 bits per heavy atom. The molecule has 1 aromatic rings. The Hall–Kier alpha value is -1.25. The fourth-order valence-electron chi connectivity index (χ4n) is 1.62. The monoisotopic (exact) mass is 267 g/mol. The highest BCUT2D eigenvalue weighted by Gasteiger charge is 2.36. The number of hydrogen-bond acceptors (Lipinski definition) is 4. The average Bonchev–Trinajstić information content (AvgIpc) is 2.79. The second-order valence-corrected chi connectivity index (χ2v) is 5.32. The van der Waals surface area contributed by atoms with Crippen LogP contribution in [0.5, 0.6) is 0 Å². The summed E-state index contributed by atoms with van der Waals surface area (Å²) >= 11 is 7.55. The van der Waals surface area contributed by atoms with Gasteiger partial charge in [-0.2, -0.15) is 17.0 Å². The SMILES string of the molecule is N#CC1(NC(=O)c2ccncc2Cl)CCSC1. The Labute approximate surface area is 108 Å². The van der Waals surface area contributed by atoms with Gasteiger partial charge in [0.1, 0.15) is 5.54 Å². The molecule has 2 rings (SSSR count). The number of nitrogens with one attached hydrogen (secondary N) is 1. The van der Waals surface area contributed by atoms with Gasteiger partial charge in [0, 0.05) is 18.1 Å². The van der Waals surface area contributed by atoms with Crippen molar-refractivity contribution in [3.8, 4) is 6.07 Å². The summed E-state index contributed by atoms with van der Waals surface area (Å²) in [7, 11) is 0. The van der Waals surface area contributed by atoms with Crippen molar-refractivity contribution in [1.29, 1.82) is 5.26 Å². The molecule has 0 aliphatic carbocycles. The molecule has 1 aliphatic heterocycles. The van der Waals surface area contributed by atoms with Crippen LogP contribution in [0, 0.1) is 11.3 Å². The standard InChI is InChI=1S/C11H10ClN3OS/c12-9-5-14-3-1-8(9)10(16)15-11(6-13)2-4-17-7-11/h1,3,5H,2,4,7H2,(H,15,16). The van der Waals surface area contributed by atoms with Gasteiger partial charge in [-0.3, -0.25) is 9.78 Å². The molecule has 0 saturated carbocycles. The molecule has 0 radical (unpaired) electrons. The summed E-state index contributed by atoms with van der Waals surface area (Å²) in [6.07, 6.45) is 3.59. The van der Waals surface area contributed by atoms with E-state index in [-0.39, 0.29) is 5.91 Å². The van der Waals surface area contributed by atoms with Crippen LogP contribution in [-0.2, 0) is 0 Å². The Balaban J connectivity index is 2.17. The molecule has 0 bridgehead atoms. The number of hydrogen-bond donors (Lipinski definition) is 1. The Morgan fingerprint density at radius 2 is 2.53 bits per heavy atom. The van der Waals surface area contributed by atoms with Gasteiger partial charge in [0.25, 0.3) is 5.91 Å². The third-order valence-electron chi connectivity index (χ3n) is 2.61. The number of rotatable bonds is 2. The lowest BCUT2D eigenvalue weighted by atomic mass is 10.0. The molecule has 1 unspecified atom stereocenters. The lowest BCUT2D eigenvalue weighted by Gasteiger charge is -2.21. The van der Waals surface area contributed by atoms with Crippen LogP contribution in [0.15, 0.2) is 18.5 Å². The van der Waals surface area contributed by atoms with Crippen molar-refractivity contribution in [2.75, 3.05) is 11.5 Å². The van der Waals surface area contributed by atoms with E-state index in [2.05, 4.69) is 16.4 Å². The summed E-state index contributed by atoms with van der Waals surface area (Å²) in [6.45, 7) is 0. The number of aromatic nitrogens is 1. The molecule has 1 fully saturated rings. The van der Waals surface area contributed by atoms with Crippen molar-refractivity contribution in [2.24, 2.45) is 0 Å². The molecule has 17 heavy (non-hydrogen) atoms. The van der Waals surface area contributed by atoms with Crippen LogP contribution in [0.25, 0.3) is 0 Å². The molecule has 1 N–H and O–H groups in total. The number of carbonyl (C=O) groups excluding carboxylic acids is 1. The van der Waals surface area contributed by atoms with E-state index in [0.29, 0.717) is 22.8 Å². The first-order chi connectivity index (χ1) is 8.17. The number of halogens is 1. The normalized spacial score (nSPS) is 23.1. The summed E-state index contributed by atoms with van der Waals surface area (Å²) in [5, 5.41) is 12.2. The lowest BCUT2D eigenvalue weighted by molar-refractivity contribution is 0.0926. The van der Waals surface area contributed by atoms with Crippen LogP contribution in [0.2, 0.25) is 5.02 Å². The van der Waals surface area contributed by atoms with Crippen molar-refractivity contribution in [1.82, 2.24) is 10.3 Å². The summed E-state index contributed by atoms with van der Waals surface area (Å²) < 4.78 is 0. The van der Waals surface area contributed by atoms with Gasteiger partial charge in [0.05, 0.1) is 16.7 Å². The van der Waals surface area contributed by atoms with Crippen molar-refractivity contribution in [2.45, 2.75) is 12.0 Å². The average molecular weight is 268 g/mol. The third-order valence-corrected chi connectivity index (χ3v) is 4.10. The second-order valence-electron chi connectivity index (χ2n) is 3.81. The highest BCUT2D eigenvalue weighted by molar-refractivity contribution is 7.99. The maximum atomic E-state index is 12.0. The van der Waals surface area contributed by atoms with Crippen molar-refractivity contribution < 1.29 is 4.79 Å². The van der Waals surface area contributed by atoms with Crippen molar-refractivity contribution >= 4 is 29.3 Å². The number of thioether (sulfide) groups is 1. The third kappa shape index (κ3) is 2.54. The highest BCUT2D eigenvalue weighted by atomic mass is 35.5. The van der Waals surface area contributed by atoms with Crippen LogP contribution in [0.4, 0.5) is 0 Å². The largest absolute Gasteiger partial charge is 0.333 e. The molecule has 1 amide bonds. The van der Waals surface area contributed by atoms with Gasteiger partial charge in [-0.25, -0.2) is 0 Å². The fourth-order valence-corrected chi connectivity index (χ4v) is 3.10. The molecular weight excluding hydrogens is 258 g/mol. The summed E-state index contributed by atoms with van der Waals surface area (Å²) in [5.74, 6) is 1.19. The molecule has 2 heterocycles. The van der Waals surface area contributed by atoms with E-state index in [9.17, 15) is 4.79 Å². The summed E-state index contributed by atoms with van der Waals surface area (Å²) in [5.41, 5.74) is -0.401. The number of amides is 1. The Morgan fingerprint density at radius 3 is 3.12 bits per heavy atom. The summed E-state index contributed by atoms with van der Waals surface area (Å²) in [6, 6.07) is 3.73. The van der Waals surface area contributed by atoms with E-state index in [1.807, 2.05) is 0 Å². The molecule has 1 aromatic heterocycles. The quantitative estimate of drug-likeness (QED) is 0.888. The minimum Gasteiger partial charge on any atom is -0.333 e. The van der Waals surface area contributed by atoms with Crippen LogP contribution in [0.3, 0.4) is 0 Å². The van der Waals surface area contributed by atoms with Crippen molar-refractivity contribution in [3.63, 3.8) is 0 Å². The van der Waals surface area contributed by atoms with Gasteiger partial charge >= 0.3 is 0 Å². The smallest absolute Gasteiger partial charge is 0.254 e. The molecule has 1 aliphatic rings. The minimum atomic E-state index is -0.756.